The van der Waals surface area contributed by atoms with Gasteiger partial charge in [-0.15, -0.1) is 0 Å². The number of para-hydroxylation sites is 1. The van der Waals surface area contributed by atoms with E-state index in [4.69, 9.17) is 12.2 Å². The first-order valence-corrected chi connectivity index (χ1v) is 7.69. The summed E-state index contributed by atoms with van der Waals surface area (Å²) in [6, 6.07) is 17.6. The minimum absolute atomic E-state index is 0.157. The molecule has 2 aromatic carbocycles. The summed E-state index contributed by atoms with van der Waals surface area (Å²) >= 11 is 5.03. The molecule has 0 aliphatic heterocycles. The third kappa shape index (κ3) is 3.64. The number of rotatable bonds is 4. The van der Waals surface area contributed by atoms with Gasteiger partial charge in [-0.25, -0.2) is 0 Å². The summed E-state index contributed by atoms with van der Waals surface area (Å²) in [6.07, 6.45) is 1.58. The summed E-state index contributed by atoms with van der Waals surface area (Å²) in [5.74, 6) is 0. The van der Waals surface area contributed by atoms with Crippen molar-refractivity contribution in [3.63, 3.8) is 0 Å². The Morgan fingerprint density at radius 3 is 2.50 bits per heavy atom. The maximum absolute atomic E-state index is 12.0. The quantitative estimate of drug-likeness (QED) is 0.566. The standard InChI is InChI=1S/C17H15N5OS/c1-12-16(23)22(17(24)21-20-12)18-11-13-7-9-15(10-8-13)19-14-5-3-2-4-6-14/h2-11,19H,1H3,(H,21,24)/b18-11-. The molecule has 0 amide bonds. The van der Waals surface area contributed by atoms with Crippen LogP contribution in [0.5, 0.6) is 0 Å². The smallest absolute Gasteiger partial charge is 0.296 e. The Morgan fingerprint density at radius 1 is 1.12 bits per heavy atom. The molecule has 6 nitrogen and oxygen atoms in total. The molecule has 0 atom stereocenters. The van der Waals surface area contributed by atoms with Gasteiger partial charge in [0.15, 0.2) is 0 Å². The molecule has 0 saturated carbocycles. The molecule has 2 N–H and O–H groups in total. The topological polar surface area (TPSA) is 75.1 Å². The number of hydrogen-bond donors (Lipinski definition) is 2. The van der Waals surface area contributed by atoms with Crippen LogP contribution in [0.1, 0.15) is 11.3 Å². The third-order valence-electron chi connectivity index (χ3n) is 3.31. The van der Waals surface area contributed by atoms with E-state index in [1.54, 1.807) is 13.1 Å². The van der Waals surface area contributed by atoms with Gasteiger partial charge >= 0.3 is 0 Å². The molecule has 24 heavy (non-hydrogen) atoms. The molecule has 0 fully saturated rings. The lowest BCUT2D eigenvalue weighted by Gasteiger charge is -2.06. The SMILES string of the molecule is Cc1n[nH]c(=S)n(/N=C\c2ccc(Nc3ccccc3)cc2)c1=O. The number of nitrogens with one attached hydrogen (secondary N) is 2. The van der Waals surface area contributed by atoms with Crippen LogP contribution in [0.3, 0.4) is 0 Å². The highest BCUT2D eigenvalue weighted by molar-refractivity contribution is 7.71. The lowest BCUT2D eigenvalue weighted by atomic mass is 10.2. The van der Waals surface area contributed by atoms with Crippen LogP contribution in [0.4, 0.5) is 11.4 Å². The van der Waals surface area contributed by atoms with Gasteiger partial charge in [0.1, 0.15) is 5.69 Å². The van der Waals surface area contributed by atoms with E-state index in [2.05, 4.69) is 20.6 Å². The maximum atomic E-state index is 12.0. The number of benzene rings is 2. The maximum Gasteiger partial charge on any atom is 0.296 e. The molecule has 3 rings (SSSR count). The van der Waals surface area contributed by atoms with Crippen LogP contribution in [0, 0.1) is 11.7 Å². The monoisotopic (exact) mass is 337 g/mol. The molecule has 1 heterocycles. The largest absolute Gasteiger partial charge is 0.356 e. The molecular weight excluding hydrogens is 322 g/mol. The van der Waals surface area contributed by atoms with Crippen molar-refractivity contribution in [1.29, 1.82) is 0 Å². The Morgan fingerprint density at radius 2 is 1.79 bits per heavy atom. The zero-order chi connectivity index (χ0) is 16.9. The molecule has 0 saturated heterocycles. The van der Waals surface area contributed by atoms with E-state index in [9.17, 15) is 4.79 Å². The molecule has 120 valence electrons. The van der Waals surface area contributed by atoms with E-state index in [1.165, 1.54) is 0 Å². The fraction of sp³-hybridized carbons (Fsp3) is 0.0588. The number of aromatic nitrogens is 3. The molecule has 0 unspecified atom stereocenters. The number of hydrogen-bond acceptors (Lipinski definition) is 5. The molecular formula is C17H15N5OS. The second kappa shape index (κ2) is 7.01. The van der Waals surface area contributed by atoms with Crippen LogP contribution in [-0.4, -0.2) is 21.1 Å². The summed E-state index contributed by atoms with van der Waals surface area (Å²) in [4.78, 5) is 12.0. The van der Waals surface area contributed by atoms with Crippen molar-refractivity contribution < 1.29 is 0 Å². The molecule has 0 aliphatic carbocycles. The zero-order valence-electron chi connectivity index (χ0n) is 12.9. The molecule has 1 aromatic heterocycles. The number of nitrogens with zero attached hydrogens (tertiary/aromatic N) is 3. The van der Waals surface area contributed by atoms with Crippen LogP contribution in [0.15, 0.2) is 64.5 Å². The molecule has 0 aliphatic rings. The predicted octanol–water partition coefficient (Wildman–Crippen LogP) is 3.24. The lowest BCUT2D eigenvalue weighted by Crippen LogP contribution is -2.22. The zero-order valence-corrected chi connectivity index (χ0v) is 13.7. The van der Waals surface area contributed by atoms with E-state index in [1.807, 2.05) is 54.6 Å². The Labute approximate surface area is 143 Å². The predicted molar refractivity (Wildman–Crippen MR) is 97.6 cm³/mol. The van der Waals surface area contributed by atoms with Crippen molar-refractivity contribution in [2.45, 2.75) is 6.92 Å². The van der Waals surface area contributed by atoms with E-state index in [0.29, 0.717) is 5.69 Å². The highest BCUT2D eigenvalue weighted by Gasteiger charge is 2.01. The van der Waals surface area contributed by atoms with E-state index >= 15 is 0 Å². The first kappa shape index (κ1) is 15.8. The molecule has 0 radical (unpaired) electrons. The molecule has 3 aromatic rings. The Hall–Kier alpha value is -3.06. The van der Waals surface area contributed by atoms with Crippen LogP contribution in [0.25, 0.3) is 0 Å². The van der Waals surface area contributed by atoms with Crippen molar-refractivity contribution in [3.8, 4) is 0 Å². The number of H-pyrrole nitrogens is 1. The van der Waals surface area contributed by atoms with Crippen LogP contribution < -0.4 is 10.9 Å². The summed E-state index contributed by atoms with van der Waals surface area (Å²) < 4.78 is 1.28. The van der Waals surface area contributed by atoms with Gasteiger partial charge in [0.2, 0.25) is 4.77 Å². The molecule has 7 heteroatoms. The fourth-order valence-corrected chi connectivity index (χ4v) is 2.22. The van der Waals surface area contributed by atoms with Gasteiger partial charge < -0.3 is 5.32 Å². The van der Waals surface area contributed by atoms with Gasteiger partial charge in [0.05, 0.1) is 6.21 Å². The highest BCUT2D eigenvalue weighted by atomic mass is 32.1. The number of aromatic amines is 1. The van der Waals surface area contributed by atoms with Crippen LogP contribution in [-0.2, 0) is 0 Å². The normalized spacial score (nSPS) is 10.9. The second-order valence-corrected chi connectivity index (χ2v) is 5.48. The van der Waals surface area contributed by atoms with Gasteiger partial charge in [-0.2, -0.15) is 14.9 Å². The first-order chi connectivity index (χ1) is 11.6. The Balaban J connectivity index is 1.79. The number of aryl methyl sites for hydroxylation is 1. The van der Waals surface area contributed by atoms with Crippen molar-refractivity contribution >= 4 is 29.8 Å². The minimum Gasteiger partial charge on any atom is -0.356 e. The van der Waals surface area contributed by atoms with Gasteiger partial charge in [0, 0.05) is 11.4 Å². The van der Waals surface area contributed by atoms with Crippen molar-refractivity contribution in [2.24, 2.45) is 5.10 Å². The summed E-state index contributed by atoms with van der Waals surface area (Å²) in [5, 5.41) is 13.8. The molecule has 0 spiro atoms. The first-order valence-electron chi connectivity index (χ1n) is 7.28. The average molecular weight is 337 g/mol. The summed E-state index contributed by atoms with van der Waals surface area (Å²) in [5.41, 5.74) is 2.81. The van der Waals surface area contributed by atoms with Crippen LogP contribution in [0.2, 0.25) is 0 Å². The summed E-state index contributed by atoms with van der Waals surface area (Å²) in [7, 11) is 0. The third-order valence-corrected chi connectivity index (χ3v) is 3.57. The Kier molecular flexibility index (Phi) is 4.62. The van der Waals surface area contributed by atoms with Gasteiger partial charge in [-0.3, -0.25) is 9.89 Å². The van der Waals surface area contributed by atoms with Crippen molar-refractivity contribution in [1.82, 2.24) is 14.9 Å². The number of anilines is 2. The minimum atomic E-state index is -0.336. The van der Waals surface area contributed by atoms with Crippen molar-refractivity contribution in [3.05, 3.63) is 81.0 Å². The van der Waals surface area contributed by atoms with Gasteiger partial charge in [-0.1, -0.05) is 30.3 Å². The summed E-state index contributed by atoms with van der Waals surface area (Å²) in [6.45, 7) is 1.60. The highest BCUT2D eigenvalue weighted by Crippen LogP contribution is 2.16. The van der Waals surface area contributed by atoms with E-state index in [-0.39, 0.29) is 10.3 Å². The average Bonchev–Trinajstić information content (AvgIpc) is 2.61. The van der Waals surface area contributed by atoms with Gasteiger partial charge in [-0.05, 0) is 49.0 Å². The van der Waals surface area contributed by atoms with E-state index in [0.717, 1.165) is 21.6 Å². The van der Waals surface area contributed by atoms with Crippen molar-refractivity contribution in [2.75, 3.05) is 5.32 Å². The molecule has 0 bridgehead atoms. The fourth-order valence-electron chi connectivity index (χ4n) is 2.04. The van der Waals surface area contributed by atoms with Crippen LogP contribution >= 0.6 is 12.2 Å². The second-order valence-electron chi connectivity index (χ2n) is 5.09. The van der Waals surface area contributed by atoms with E-state index < -0.39 is 0 Å². The van der Waals surface area contributed by atoms with Gasteiger partial charge in [0.25, 0.3) is 5.56 Å². The lowest BCUT2D eigenvalue weighted by molar-refractivity contribution is 0.720. The Bertz CT molecular complexity index is 974.